The molecule has 2 aromatic heterocycles. The van der Waals surface area contributed by atoms with Crippen molar-refractivity contribution in [2.75, 3.05) is 36.1 Å². The van der Waals surface area contributed by atoms with Gasteiger partial charge in [0.2, 0.25) is 0 Å². The van der Waals surface area contributed by atoms with Crippen LogP contribution in [0.3, 0.4) is 0 Å². The van der Waals surface area contributed by atoms with Crippen LogP contribution in [0.2, 0.25) is 0 Å². The summed E-state index contributed by atoms with van der Waals surface area (Å²) >= 11 is 1.28. The zero-order valence-electron chi connectivity index (χ0n) is 21.8. The van der Waals surface area contributed by atoms with E-state index in [0.717, 1.165) is 24.7 Å². The van der Waals surface area contributed by atoms with Crippen LogP contribution < -0.4 is 16.0 Å². The number of nitrogens with zero attached hydrogens (tertiary/aromatic N) is 4. The highest BCUT2D eigenvalue weighted by atomic mass is 32.2. The summed E-state index contributed by atoms with van der Waals surface area (Å²) in [6, 6.07) is 13.3. The van der Waals surface area contributed by atoms with Crippen molar-refractivity contribution in [2.45, 2.75) is 17.7 Å². The van der Waals surface area contributed by atoms with E-state index < -0.39 is 21.5 Å². The number of thiazole rings is 1. The van der Waals surface area contributed by atoms with Crippen molar-refractivity contribution in [3.63, 3.8) is 0 Å². The van der Waals surface area contributed by atoms with Crippen LogP contribution in [0.1, 0.15) is 39.3 Å². The van der Waals surface area contributed by atoms with E-state index in [2.05, 4.69) is 20.5 Å². The SMILES string of the molecule is CS(=O)(=O)c1c(C(=O)c2ccccc2)ccc(NC(=O)c2csc(-c3ccnnc3)n2)c1N1CCC[C@@H](CN)C1. The standard InChI is InChI=1S/C28H28N6O4S2/c1-40(37,38)26-21(25(35)19-7-3-2-4-8-19)9-10-22(24(26)34-13-5-6-18(14-29)16-34)32-27(36)23-17-39-28(33-23)20-11-12-30-31-15-20/h2-4,7-12,15,17-18H,5-6,13-14,16,29H2,1H3,(H,32,36)/t18-/m0/s1. The molecule has 0 radical (unpaired) electrons. The number of benzene rings is 2. The van der Waals surface area contributed by atoms with Gasteiger partial charge in [-0.1, -0.05) is 30.3 Å². The Hall–Kier alpha value is -4.00. The molecule has 5 rings (SSSR count). The zero-order valence-corrected chi connectivity index (χ0v) is 23.4. The van der Waals surface area contributed by atoms with Gasteiger partial charge in [0.15, 0.2) is 15.6 Å². The molecule has 0 bridgehead atoms. The Morgan fingerprint density at radius 2 is 1.93 bits per heavy atom. The molecule has 1 fully saturated rings. The number of nitrogens with two attached hydrogens (primary N) is 1. The summed E-state index contributed by atoms with van der Waals surface area (Å²) in [6.07, 6.45) is 5.89. The highest BCUT2D eigenvalue weighted by Crippen LogP contribution is 2.39. The van der Waals surface area contributed by atoms with Crippen molar-refractivity contribution in [3.8, 4) is 10.6 Å². The van der Waals surface area contributed by atoms with Crippen LogP contribution in [0.5, 0.6) is 0 Å². The van der Waals surface area contributed by atoms with Crippen LogP contribution in [-0.2, 0) is 9.84 Å². The molecule has 0 spiro atoms. The normalized spacial score (nSPS) is 15.6. The molecule has 0 saturated carbocycles. The summed E-state index contributed by atoms with van der Waals surface area (Å²) in [5, 5.41) is 12.7. The average Bonchev–Trinajstić information content (AvgIpc) is 3.48. The van der Waals surface area contributed by atoms with E-state index in [-0.39, 0.29) is 27.8 Å². The molecule has 40 heavy (non-hydrogen) atoms. The van der Waals surface area contributed by atoms with Gasteiger partial charge < -0.3 is 16.0 Å². The lowest BCUT2D eigenvalue weighted by molar-refractivity contribution is 0.102. The van der Waals surface area contributed by atoms with Gasteiger partial charge in [-0.25, -0.2) is 13.4 Å². The third kappa shape index (κ3) is 5.79. The van der Waals surface area contributed by atoms with Crippen LogP contribution >= 0.6 is 11.3 Å². The van der Waals surface area contributed by atoms with E-state index in [4.69, 9.17) is 5.73 Å². The molecule has 2 aromatic carbocycles. The lowest BCUT2D eigenvalue weighted by Crippen LogP contribution is -2.39. The summed E-state index contributed by atoms with van der Waals surface area (Å²) in [4.78, 5) is 33.2. The number of hydrogen-bond acceptors (Lipinski definition) is 10. The van der Waals surface area contributed by atoms with Crippen LogP contribution in [0.15, 0.2) is 71.2 Å². The first-order valence-corrected chi connectivity index (χ1v) is 15.5. The van der Waals surface area contributed by atoms with Crippen LogP contribution in [-0.4, -0.2) is 61.2 Å². The van der Waals surface area contributed by atoms with Crippen molar-refractivity contribution < 1.29 is 18.0 Å². The minimum Gasteiger partial charge on any atom is -0.368 e. The largest absolute Gasteiger partial charge is 0.368 e. The molecule has 1 amide bonds. The molecule has 4 aromatic rings. The highest BCUT2D eigenvalue weighted by molar-refractivity contribution is 7.91. The van der Waals surface area contributed by atoms with Crippen LogP contribution in [0, 0.1) is 5.92 Å². The molecule has 3 heterocycles. The summed E-state index contributed by atoms with van der Waals surface area (Å²) in [5.41, 5.74) is 7.89. The molecular formula is C28H28N6O4S2. The first-order chi connectivity index (χ1) is 19.3. The molecule has 3 N–H and O–H groups in total. The number of nitrogens with one attached hydrogen (secondary N) is 1. The van der Waals surface area contributed by atoms with Crippen molar-refractivity contribution >= 4 is 44.2 Å². The van der Waals surface area contributed by atoms with E-state index in [0.29, 0.717) is 35.9 Å². The average molecular weight is 577 g/mol. The fraction of sp³-hybridized carbons (Fsp3) is 0.250. The molecule has 206 valence electrons. The molecule has 0 aliphatic carbocycles. The molecule has 1 aliphatic rings. The van der Waals surface area contributed by atoms with Gasteiger partial charge in [-0.15, -0.1) is 11.3 Å². The minimum absolute atomic E-state index is 0.0534. The smallest absolute Gasteiger partial charge is 0.275 e. The van der Waals surface area contributed by atoms with E-state index in [1.165, 1.54) is 17.4 Å². The number of rotatable bonds is 8. The second-order valence-electron chi connectivity index (χ2n) is 9.62. The second kappa shape index (κ2) is 11.6. The maximum atomic E-state index is 13.6. The molecule has 0 unspecified atom stereocenters. The quantitative estimate of drug-likeness (QED) is 0.300. The molecular weight excluding hydrogens is 548 g/mol. The van der Waals surface area contributed by atoms with Crippen molar-refractivity contribution in [2.24, 2.45) is 11.7 Å². The Balaban J connectivity index is 1.60. The Bertz CT molecular complexity index is 1640. The van der Waals surface area contributed by atoms with Crippen molar-refractivity contribution in [3.05, 3.63) is 83.1 Å². The minimum atomic E-state index is -3.92. The third-order valence-corrected chi connectivity index (χ3v) is 8.81. The molecule has 10 nitrogen and oxygen atoms in total. The number of hydrogen-bond donors (Lipinski definition) is 2. The van der Waals surface area contributed by atoms with Crippen molar-refractivity contribution in [1.82, 2.24) is 15.2 Å². The number of carbonyl (C=O) groups is 2. The van der Waals surface area contributed by atoms with Gasteiger partial charge in [0.1, 0.15) is 15.6 Å². The van der Waals surface area contributed by atoms with E-state index in [1.807, 2.05) is 4.90 Å². The Labute approximate surface area is 236 Å². The fourth-order valence-corrected chi connectivity index (χ4v) is 6.80. The highest BCUT2D eigenvalue weighted by Gasteiger charge is 2.32. The van der Waals surface area contributed by atoms with Gasteiger partial charge in [-0.05, 0) is 43.5 Å². The van der Waals surface area contributed by atoms with Gasteiger partial charge in [-0.3, -0.25) is 9.59 Å². The van der Waals surface area contributed by atoms with Gasteiger partial charge in [0.05, 0.1) is 23.8 Å². The van der Waals surface area contributed by atoms with E-state index in [9.17, 15) is 18.0 Å². The van der Waals surface area contributed by atoms with Crippen LogP contribution in [0.25, 0.3) is 10.6 Å². The van der Waals surface area contributed by atoms with E-state index >= 15 is 0 Å². The summed E-state index contributed by atoms with van der Waals surface area (Å²) in [5.74, 6) is -0.768. The Morgan fingerprint density at radius 3 is 2.62 bits per heavy atom. The molecule has 1 saturated heterocycles. The second-order valence-corrected chi connectivity index (χ2v) is 12.4. The van der Waals surface area contributed by atoms with Crippen LogP contribution in [0.4, 0.5) is 11.4 Å². The maximum Gasteiger partial charge on any atom is 0.275 e. The van der Waals surface area contributed by atoms with Gasteiger partial charge in [-0.2, -0.15) is 10.2 Å². The lowest BCUT2D eigenvalue weighted by Gasteiger charge is -2.36. The maximum absolute atomic E-state index is 13.6. The fourth-order valence-electron chi connectivity index (χ4n) is 4.86. The number of piperidine rings is 1. The Kier molecular flexibility index (Phi) is 8.01. The topological polar surface area (TPSA) is 148 Å². The molecule has 1 aliphatic heterocycles. The van der Waals surface area contributed by atoms with Crippen molar-refractivity contribution in [1.29, 1.82) is 0 Å². The summed E-state index contributed by atoms with van der Waals surface area (Å²) in [6.45, 7) is 1.50. The number of aromatic nitrogens is 3. The van der Waals surface area contributed by atoms with Gasteiger partial charge in [0.25, 0.3) is 5.91 Å². The predicted octanol–water partition coefficient (Wildman–Crippen LogP) is 3.66. The summed E-state index contributed by atoms with van der Waals surface area (Å²) < 4.78 is 26.7. The molecule has 1 atom stereocenters. The number of sulfone groups is 1. The third-order valence-electron chi connectivity index (χ3n) is 6.77. The molecule has 12 heteroatoms. The van der Waals surface area contributed by atoms with E-state index in [1.54, 1.807) is 60.2 Å². The first-order valence-electron chi connectivity index (χ1n) is 12.7. The predicted molar refractivity (Wildman–Crippen MR) is 155 cm³/mol. The monoisotopic (exact) mass is 576 g/mol. The first kappa shape index (κ1) is 27.6. The number of ketones is 1. The lowest BCUT2D eigenvalue weighted by atomic mass is 9.96. The summed E-state index contributed by atoms with van der Waals surface area (Å²) in [7, 11) is -3.92. The Morgan fingerprint density at radius 1 is 1.12 bits per heavy atom. The number of amides is 1. The number of carbonyl (C=O) groups excluding carboxylic acids is 2. The van der Waals surface area contributed by atoms with Gasteiger partial charge in [0, 0.05) is 41.4 Å². The zero-order chi connectivity index (χ0) is 28.3. The number of anilines is 2. The van der Waals surface area contributed by atoms with Gasteiger partial charge >= 0.3 is 0 Å².